The van der Waals surface area contributed by atoms with Crippen LogP contribution in [0.2, 0.25) is 0 Å². The molecule has 0 unspecified atom stereocenters. The Hall–Kier alpha value is -0.220. The second kappa shape index (κ2) is 6.89. The van der Waals surface area contributed by atoms with Crippen molar-refractivity contribution in [3.63, 3.8) is 0 Å². The summed E-state index contributed by atoms with van der Waals surface area (Å²) < 4.78 is 0. The molecule has 10 heavy (non-hydrogen) atoms. The molecular weight excluding hydrogens is 150 g/mol. The first-order chi connectivity index (χ1) is 4.81. The molecule has 2 N–H and O–H groups in total. The van der Waals surface area contributed by atoms with Crippen LogP contribution in [-0.2, 0) is 4.79 Å². The lowest BCUT2D eigenvalue weighted by Crippen LogP contribution is -2.20. The van der Waals surface area contributed by atoms with Crippen LogP contribution in [0.4, 0.5) is 0 Å². The molecule has 0 heterocycles. The summed E-state index contributed by atoms with van der Waals surface area (Å²) in [5.74, 6) is 1.39. The molecule has 0 saturated heterocycles. The molecule has 1 amide bonds. The highest BCUT2D eigenvalue weighted by atomic mass is 32.2. The standard InChI is InChI=1S/C6H13NO2S/c1-7-6(9)5-10-4-2-3-8/h8H,2-5H2,1H3,(H,7,9). The van der Waals surface area contributed by atoms with Gasteiger partial charge in [-0.2, -0.15) is 11.8 Å². The predicted octanol–water partition coefficient (Wildman–Crippen LogP) is -0.152. The van der Waals surface area contributed by atoms with Gasteiger partial charge in [0.1, 0.15) is 0 Å². The molecule has 0 saturated carbocycles. The summed E-state index contributed by atoms with van der Waals surface area (Å²) in [5, 5.41) is 10.9. The largest absolute Gasteiger partial charge is 0.396 e. The molecule has 3 nitrogen and oxygen atoms in total. The van der Waals surface area contributed by atoms with Gasteiger partial charge in [-0.15, -0.1) is 0 Å². The van der Waals surface area contributed by atoms with E-state index in [9.17, 15) is 4.79 Å². The Morgan fingerprint density at radius 1 is 1.70 bits per heavy atom. The number of nitrogens with one attached hydrogen (secondary N) is 1. The lowest BCUT2D eigenvalue weighted by molar-refractivity contribution is -0.118. The van der Waals surface area contributed by atoms with Crippen LogP contribution in [0.15, 0.2) is 0 Å². The van der Waals surface area contributed by atoms with Gasteiger partial charge in [0.25, 0.3) is 0 Å². The van der Waals surface area contributed by atoms with Crippen molar-refractivity contribution in [2.24, 2.45) is 0 Å². The Kier molecular flexibility index (Phi) is 6.74. The normalized spacial score (nSPS) is 9.40. The van der Waals surface area contributed by atoms with Gasteiger partial charge < -0.3 is 10.4 Å². The van der Waals surface area contributed by atoms with E-state index < -0.39 is 0 Å². The van der Waals surface area contributed by atoms with Crippen molar-refractivity contribution in [1.82, 2.24) is 5.32 Å². The molecule has 0 aliphatic rings. The zero-order valence-corrected chi connectivity index (χ0v) is 6.91. The van der Waals surface area contributed by atoms with E-state index in [4.69, 9.17) is 5.11 Å². The van der Waals surface area contributed by atoms with Crippen LogP contribution in [-0.4, -0.2) is 36.2 Å². The molecule has 4 heteroatoms. The van der Waals surface area contributed by atoms with E-state index >= 15 is 0 Å². The molecule has 0 atom stereocenters. The van der Waals surface area contributed by atoms with Gasteiger partial charge in [-0.1, -0.05) is 0 Å². The molecule has 0 aromatic carbocycles. The number of rotatable bonds is 5. The van der Waals surface area contributed by atoms with E-state index in [0.717, 1.165) is 12.2 Å². The fourth-order valence-corrected chi connectivity index (χ4v) is 1.21. The summed E-state index contributed by atoms with van der Waals surface area (Å²) in [4.78, 5) is 10.6. The highest BCUT2D eigenvalue weighted by Gasteiger charge is 1.95. The minimum Gasteiger partial charge on any atom is -0.396 e. The summed E-state index contributed by atoms with van der Waals surface area (Å²) in [6.07, 6.45) is 0.766. The molecule has 0 aromatic heterocycles. The summed E-state index contributed by atoms with van der Waals surface area (Å²) >= 11 is 1.54. The van der Waals surface area contributed by atoms with Gasteiger partial charge in [-0.3, -0.25) is 4.79 Å². The second-order valence-electron chi connectivity index (χ2n) is 1.80. The summed E-state index contributed by atoms with van der Waals surface area (Å²) in [7, 11) is 1.62. The first-order valence-electron chi connectivity index (χ1n) is 3.20. The Balaban J connectivity index is 2.96. The van der Waals surface area contributed by atoms with Crippen LogP contribution in [0.25, 0.3) is 0 Å². The average Bonchev–Trinajstić information content (AvgIpc) is 1.98. The number of carbonyl (C=O) groups is 1. The number of thioether (sulfide) groups is 1. The van der Waals surface area contributed by atoms with Crippen molar-refractivity contribution in [3.8, 4) is 0 Å². The average molecular weight is 163 g/mol. The zero-order chi connectivity index (χ0) is 7.82. The van der Waals surface area contributed by atoms with Crippen molar-refractivity contribution >= 4 is 17.7 Å². The number of hydrogen-bond donors (Lipinski definition) is 2. The van der Waals surface area contributed by atoms with Crippen molar-refractivity contribution in [1.29, 1.82) is 0 Å². The smallest absolute Gasteiger partial charge is 0.229 e. The van der Waals surface area contributed by atoms with Gasteiger partial charge in [0.2, 0.25) is 5.91 Å². The summed E-state index contributed by atoms with van der Waals surface area (Å²) in [6.45, 7) is 0.209. The van der Waals surface area contributed by atoms with Crippen LogP contribution < -0.4 is 5.32 Å². The van der Waals surface area contributed by atoms with Crippen molar-refractivity contribution in [2.75, 3.05) is 25.2 Å². The number of aliphatic hydroxyl groups excluding tert-OH is 1. The fraction of sp³-hybridized carbons (Fsp3) is 0.833. The highest BCUT2D eigenvalue weighted by Crippen LogP contribution is 2.00. The maximum atomic E-state index is 10.6. The van der Waals surface area contributed by atoms with Crippen LogP contribution in [0, 0.1) is 0 Å². The Bertz CT molecular complexity index is 97.7. The van der Waals surface area contributed by atoms with E-state index in [-0.39, 0.29) is 12.5 Å². The van der Waals surface area contributed by atoms with Crippen LogP contribution in [0.3, 0.4) is 0 Å². The van der Waals surface area contributed by atoms with Gasteiger partial charge >= 0.3 is 0 Å². The third-order valence-corrected chi connectivity index (χ3v) is 2.00. The highest BCUT2D eigenvalue weighted by molar-refractivity contribution is 7.99. The van der Waals surface area contributed by atoms with Gasteiger partial charge in [0.05, 0.1) is 5.75 Å². The molecule has 0 radical (unpaired) electrons. The molecule has 0 bridgehead atoms. The molecule has 0 aromatic rings. The van der Waals surface area contributed by atoms with Gasteiger partial charge in [-0.05, 0) is 12.2 Å². The third-order valence-electron chi connectivity index (χ3n) is 0.959. The number of amides is 1. The summed E-state index contributed by atoms with van der Waals surface area (Å²) in [6, 6.07) is 0. The number of aliphatic hydroxyl groups is 1. The van der Waals surface area contributed by atoms with Gasteiger partial charge in [0.15, 0.2) is 0 Å². The molecule has 0 aliphatic carbocycles. The van der Waals surface area contributed by atoms with Crippen LogP contribution in [0.1, 0.15) is 6.42 Å². The van der Waals surface area contributed by atoms with E-state index in [2.05, 4.69) is 5.32 Å². The van der Waals surface area contributed by atoms with Gasteiger partial charge in [-0.25, -0.2) is 0 Å². The van der Waals surface area contributed by atoms with Crippen molar-refractivity contribution in [3.05, 3.63) is 0 Å². The molecular formula is C6H13NO2S. The second-order valence-corrected chi connectivity index (χ2v) is 2.91. The van der Waals surface area contributed by atoms with E-state index in [1.54, 1.807) is 7.05 Å². The Morgan fingerprint density at radius 2 is 2.40 bits per heavy atom. The fourth-order valence-electron chi connectivity index (χ4n) is 0.404. The van der Waals surface area contributed by atoms with Crippen molar-refractivity contribution in [2.45, 2.75) is 6.42 Å². The Labute approximate surface area is 65.2 Å². The topological polar surface area (TPSA) is 49.3 Å². The Morgan fingerprint density at radius 3 is 2.90 bits per heavy atom. The number of carbonyl (C=O) groups excluding carboxylic acids is 1. The minimum atomic E-state index is 0.0444. The lowest BCUT2D eigenvalue weighted by atomic mass is 10.5. The first kappa shape index (κ1) is 9.78. The van der Waals surface area contributed by atoms with Gasteiger partial charge in [0, 0.05) is 13.7 Å². The third kappa shape index (κ3) is 5.91. The predicted molar refractivity (Wildman–Crippen MR) is 43.1 cm³/mol. The molecule has 0 fully saturated rings. The van der Waals surface area contributed by atoms with E-state index in [1.165, 1.54) is 11.8 Å². The quantitative estimate of drug-likeness (QED) is 0.554. The molecule has 0 rings (SSSR count). The van der Waals surface area contributed by atoms with Crippen molar-refractivity contribution < 1.29 is 9.90 Å². The summed E-state index contributed by atoms with van der Waals surface area (Å²) in [5.41, 5.74) is 0. The minimum absolute atomic E-state index is 0.0444. The van der Waals surface area contributed by atoms with E-state index in [1.807, 2.05) is 0 Å². The first-order valence-corrected chi connectivity index (χ1v) is 4.36. The SMILES string of the molecule is CNC(=O)CSCCCO. The van der Waals surface area contributed by atoms with E-state index in [0.29, 0.717) is 5.75 Å². The monoisotopic (exact) mass is 163 g/mol. The maximum absolute atomic E-state index is 10.6. The lowest BCUT2D eigenvalue weighted by Gasteiger charge is -1.97. The molecule has 0 aliphatic heterocycles. The maximum Gasteiger partial charge on any atom is 0.229 e. The van der Waals surface area contributed by atoms with Crippen LogP contribution in [0.5, 0.6) is 0 Å². The zero-order valence-electron chi connectivity index (χ0n) is 6.09. The van der Waals surface area contributed by atoms with Crippen LogP contribution >= 0.6 is 11.8 Å². The molecule has 60 valence electrons. The molecule has 0 spiro atoms. The number of hydrogen-bond acceptors (Lipinski definition) is 3.